The summed E-state index contributed by atoms with van der Waals surface area (Å²) in [6.07, 6.45) is 4.52. The average molecular weight is 443 g/mol. The van der Waals surface area contributed by atoms with Crippen LogP contribution in [0.3, 0.4) is 0 Å². The topological polar surface area (TPSA) is 81.8 Å². The molecule has 4 amide bonds. The predicted octanol–water partition coefficient (Wildman–Crippen LogP) is 3.32. The van der Waals surface area contributed by atoms with Crippen LogP contribution < -0.4 is 10.6 Å². The molecule has 7 nitrogen and oxygen atoms in total. The van der Waals surface area contributed by atoms with E-state index in [4.69, 9.17) is 0 Å². The van der Waals surface area contributed by atoms with Crippen molar-refractivity contribution in [3.8, 4) is 0 Å². The van der Waals surface area contributed by atoms with E-state index in [1.54, 1.807) is 12.1 Å². The smallest absolute Gasteiger partial charge is 0.317 e. The molecular formula is C25H38N4O3. The fourth-order valence-corrected chi connectivity index (χ4v) is 4.69. The molecule has 2 saturated heterocycles. The summed E-state index contributed by atoms with van der Waals surface area (Å²) in [5.74, 6) is -0.190. The van der Waals surface area contributed by atoms with Crippen molar-refractivity contribution in [2.45, 2.75) is 77.9 Å². The highest BCUT2D eigenvalue weighted by Crippen LogP contribution is 2.25. The van der Waals surface area contributed by atoms with E-state index in [0.29, 0.717) is 31.5 Å². The molecule has 0 spiro atoms. The van der Waals surface area contributed by atoms with Crippen molar-refractivity contribution < 1.29 is 14.4 Å². The number of carbonyl (C=O) groups is 3. The Bertz CT molecular complexity index is 800. The molecule has 2 aliphatic heterocycles. The molecule has 0 saturated carbocycles. The van der Waals surface area contributed by atoms with Crippen LogP contribution in [-0.4, -0.2) is 65.4 Å². The van der Waals surface area contributed by atoms with Crippen molar-refractivity contribution in [2.24, 2.45) is 5.92 Å². The fraction of sp³-hybridized carbons (Fsp3) is 0.640. The van der Waals surface area contributed by atoms with Gasteiger partial charge in [0.2, 0.25) is 5.91 Å². The zero-order valence-electron chi connectivity index (χ0n) is 19.9. The Morgan fingerprint density at radius 3 is 2.19 bits per heavy atom. The maximum absolute atomic E-state index is 13.6. The van der Waals surface area contributed by atoms with Gasteiger partial charge in [-0.3, -0.25) is 9.59 Å². The number of nitrogens with zero attached hydrogens (tertiary/aromatic N) is 2. The van der Waals surface area contributed by atoms with Gasteiger partial charge in [0.25, 0.3) is 5.91 Å². The lowest BCUT2D eigenvalue weighted by molar-refractivity contribution is -0.138. The van der Waals surface area contributed by atoms with E-state index in [1.807, 2.05) is 42.7 Å². The molecule has 3 rings (SSSR count). The first kappa shape index (κ1) is 24.1. The Balaban J connectivity index is 1.73. The first-order valence-electron chi connectivity index (χ1n) is 12.0. The number of piperidine rings is 2. The number of amides is 4. The summed E-state index contributed by atoms with van der Waals surface area (Å²) in [6.45, 7) is 9.88. The van der Waals surface area contributed by atoms with E-state index < -0.39 is 6.04 Å². The minimum Gasteiger partial charge on any atom is -0.340 e. The quantitative estimate of drug-likeness (QED) is 0.734. The monoisotopic (exact) mass is 442 g/mol. The van der Waals surface area contributed by atoms with Crippen LogP contribution in [0, 0.1) is 12.8 Å². The lowest BCUT2D eigenvalue weighted by Gasteiger charge is -2.40. The Hall–Kier alpha value is -2.57. The van der Waals surface area contributed by atoms with Crippen LogP contribution in [0.2, 0.25) is 0 Å². The Morgan fingerprint density at radius 2 is 1.59 bits per heavy atom. The van der Waals surface area contributed by atoms with Gasteiger partial charge in [0, 0.05) is 37.3 Å². The molecule has 1 aromatic rings. The number of nitrogens with one attached hydrogen (secondary N) is 2. The highest BCUT2D eigenvalue weighted by Gasteiger charge is 2.38. The van der Waals surface area contributed by atoms with Gasteiger partial charge in [-0.2, -0.15) is 0 Å². The van der Waals surface area contributed by atoms with Crippen LogP contribution in [-0.2, 0) is 4.79 Å². The van der Waals surface area contributed by atoms with Gasteiger partial charge in [0.05, 0.1) is 0 Å². The maximum atomic E-state index is 13.6. The first-order chi connectivity index (χ1) is 15.3. The second kappa shape index (κ2) is 10.8. The van der Waals surface area contributed by atoms with E-state index in [1.165, 1.54) is 0 Å². The highest BCUT2D eigenvalue weighted by atomic mass is 16.2. The molecular weight excluding hydrogens is 404 g/mol. The fourth-order valence-electron chi connectivity index (χ4n) is 4.69. The predicted molar refractivity (Wildman–Crippen MR) is 125 cm³/mol. The molecule has 0 radical (unpaired) electrons. The normalized spacial score (nSPS) is 20.7. The number of urea groups is 1. The van der Waals surface area contributed by atoms with Crippen molar-refractivity contribution >= 4 is 17.8 Å². The van der Waals surface area contributed by atoms with Gasteiger partial charge in [-0.25, -0.2) is 4.79 Å². The van der Waals surface area contributed by atoms with E-state index >= 15 is 0 Å². The third kappa shape index (κ3) is 6.02. The van der Waals surface area contributed by atoms with Gasteiger partial charge >= 0.3 is 6.03 Å². The molecule has 0 aromatic heterocycles. The summed E-state index contributed by atoms with van der Waals surface area (Å²) < 4.78 is 0. The number of carbonyl (C=O) groups excluding carboxylic acids is 3. The minimum absolute atomic E-state index is 0.00845. The van der Waals surface area contributed by atoms with Crippen molar-refractivity contribution in [1.82, 2.24) is 20.4 Å². The largest absolute Gasteiger partial charge is 0.340 e. The summed E-state index contributed by atoms with van der Waals surface area (Å²) in [6, 6.07) is 7.06. The summed E-state index contributed by atoms with van der Waals surface area (Å²) in [4.78, 5) is 42.7. The Morgan fingerprint density at radius 1 is 0.938 bits per heavy atom. The second-order valence-corrected chi connectivity index (χ2v) is 9.62. The van der Waals surface area contributed by atoms with Crippen molar-refractivity contribution in [3.63, 3.8) is 0 Å². The van der Waals surface area contributed by atoms with E-state index in [0.717, 1.165) is 31.4 Å². The van der Waals surface area contributed by atoms with E-state index in [2.05, 4.69) is 17.6 Å². The summed E-state index contributed by atoms with van der Waals surface area (Å²) in [5.41, 5.74) is 1.65. The summed E-state index contributed by atoms with van der Waals surface area (Å²) in [5, 5.41) is 6.00. The van der Waals surface area contributed by atoms with Gasteiger partial charge in [-0.05, 0) is 77.8 Å². The van der Waals surface area contributed by atoms with Crippen molar-refractivity contribution in [3.05, 3.63) is 35.4 Å². The summed E-state index contributed by atoms with van der Waals surface area (Å²) >= 11 is 0. The maximum Gasteiger partial charge on any atom is 0.317 e. The molecule has 2 heterocycles. The van der Waals surface area contributed by atoms with Crippen molar-refractivity contribution in [2.75, 3.05) is 19.6 Å². The van der Waals surface area contributed by atoms with Gasteiger partial charge < -0.3 is 20.4 Å². The molecule has 2 fully saturated rings. The van der Waals surface area contributed by atoms with Crippen LogP contribution in [0.5, 0.6) is 0 Å². The molecule has 32 heavy (non-hydrogen) atoms. The van der Waals surface area contributed by atoms with Gasteiger partial charge in [0.1, 0.15) is 6.04 Å². The number of hydrogen-bond acceptors (Lipinski definition) is 3. The number of aryl methyl sites for hydroxylation is 1. The van der Waals surface area contributed by atoms with E-state index in [9.17, 15) is 14.4 Å². The molecule has 2 aliphatic rings. The highest BCUT2D eigenvalue weighted by molar-refractivity contribution is 5.97. The first-order valence-corrected chi connectivity index (χ1v) is 12.0. The number of likely N-dealkylation sites (tertiary alicyclic amines) is 2. The van der Waals surface area contributed by atoms with Gasteiger partial charge in [0.15, 0.2) is 0 Å². The van der Waals surface area contributed by atoms with Crippen molar-refractivity contribution in [1.29, 1.82) is 0 Å². The van der Waals surface area contributed by atoms with Gasteiger partial charge in [-0.15, -0.1) is 0 Å². The molecule has 0 bridgehead atoms. The standard InChI is InChI=1S/C25H38N4O3/c1-17(2)26-25(32)28-15-12-20(13-16-28)22(24(31)29-14-6-5-7-19(29)4)27-23(30)21-10-8-18(3)9-11-21/h8-11,17,19-20,22H,5-7,12-16H2,1-4H3,(H,26,32)(H,27,30)/t19-,22-/m0/s1. The zero-order valence-corrected chi connectivity index (χ0v) is 19.9. The van der Waals surface area contributed by atoms with Crippen LogP contribution in [0.15, 0.2) is 24.3 Å². The Labute approximate surface area is 191 Å². The molecule has 0 aliphatic carbocycles. The van der Waals surface area contributed by atoms with Crippen LogP contribution in [0.4, 0.5) is 4.79 Å². The third-order valence-corrected chi connectivity index (χ3v) is 6.66. The minimum atomic E-state index is -0.570. The Kier molecular flexibility index (Phi) is 8.15. The number of hydrogen-bond donors (Lipinski definition) is 2. The third-order valence-electron chi connectivity index (χ3n) is 6.66. The lowest BCUT2D eigenvalue weighted by atomic mass is 9.87. The zero-order chi connectivity index (χ0) is 23.3. The average Bonchev–Trinajstić information content (AvgIpc) is 2.77. The number of benzene rings is 1. The van der Waals surface area contributed by atoms with Crippen LogP contribution in [0.1, 0.15) is 68.8 Å². The lowest BCUT2D eigenvalue weighted by Crippen LogP contribution is -2.57. The van der Waals surface area contributed by atoms with Crippen LogP contribution >= 0.6 is 0 Å². The van der Waals surface area contributed by atoms with Gasteiger partial charge in [-0.1, -0.05) is 17.7 Å². The molecule has 2 N–H and O–H groups in total. The second-order valence-electron chi connectivity index (χ2n) is 9.62. The molecule has 0 unspecified atom stereocenters. The van der Waals surface area contributed by atoms with E-state index in [-0.39, 0.29) is 35.8 Å². The molecule has 176 valence electrons. The molecule has 1 aromatic carbocycles. The molecule has 7 heteroatoms. The molecule has 2 atom stereocenters. The van der Waals surface area contributed by atoms with Crippen LogP contribution in [0.25, 0.3) is 0 Å². The SMILES string of the molecule is Cc1ccc(C(=O)N[C@H](C(=O)N2CCCC[C@@H]2C)C2CCN(C(=O)NC(C)C)CC2)cc1. The number of rotatable bonds is 5. The summed E-state index contributed by atoms with van der Waals surface area (Å²) in [7, 11) is 0.